The third-order valence-corrected chi connectivity index (χ3v) is 5.02. The number of carbonyl (C=O) groups excluding carboxylic acids is 2. The predicted molar refractivity (Wildman–Crippen MR) is 94.0 cm³/mol. The van der Waals surface area contributed by atoms with Crippen LogP contribution in [-0.2, 0) is 47.5 Å². The van der Waals surface area contributed by atoms with Gasteiger partial charge in [-0.2, -0.15) is 0 Å². The number of aromatic nitrogens is 1. The van der Waals surface area contributed by atoms with Gasteiger partial charge in [0.25, 0.3) is 5.56 Å². The van der Waals surface area contributed by atoms with E-state index in [-0.39, 0.29) is 18.8 Å². The van der Waals surface area contributed by atoms with Gasteiger partial charge in [0.15, 0.2) is 0 Å². The predicted octanol–water partition coefficient (Wildman–Crippen LogP) is 1.57. The van der Waals surface area contributed by atoms with Crippen molar-refractivity contribution in [2.24, 2.45) is 0 Å². The molecule has 0 saturated carbocycles. The monoisotopic (exact) mass is 379 g/mol. The Balaban J connectivity index is 2.13. The summed E-state index contributed by atoms with van der Waals surface area (Å²) in [5, 5.41) is 0. The van der Waals surface area contributed by atoms with Crippen molar-refractivity contribution >= 4 is 11.9 Å². The zero-order valence-corrected chi connectivity index (χ0v) is 15.9. The lowest BCUT2D eigenvalue weighted by molar-refractivity contribution is -0.163. The summed E-state index contributed by atoms with van der Waals surface area (Å²) in [6.07, 6.45) is 0.971. The van der Waals surface area contributed by atoms with Crippen molar-refractivity contribution in [1.29, 1.82) is 0 Å². The third-order valence-electron chi connectivity index (χ3n) is 5.02. The van der Waals surface area contributed by atoms with Gasteiger partial charge in [0, 0.05) is 19.9 Å². The van der Waals surface area contributed by atoms with Crippen molar-refractivity contribution in [3.8, 4) is 0 Å². The van der Waals surface area contributed by atoms with Crippen LogP contribution in [-0.4, -0.2) is 36.3 Å². The molecule has 3 heterocycles. The molecule has 0 amide bonds. The molecule has 1 saturated heterocycles. The van der Waals surface area contributed by atoms with Crippen molar-refractivity contribution < 1.29 is 28.5 Å². The number of hydrogen-bond acceptors (Lipinski definition) is 7. The Morgan fingerprint density at radius 3 is 2.56 bits per heavy atom. The van der Waals surface area contributed by atoms with E-state index in [1.807, 2.05) is 6.92 Å². The molecule has 8 nitrogen and oxygen atoms in total. The molecule has 148 valence electrons. The Morgan fingerprint density at radius 1 is 1.26 bits per heavy atom. The Bertz CT molecular complexity index is 792. The van der Waals surface area contributed by atoms with Gasteiger partial charge in [-0.3, -0.25) is 14.4 Å². The maximum atomic E-state index is 13.1. The second kappa shape index (κ2) is 7.82. The van der Waals surface area contributed by atoms with Gasteiger partial charge < -0.3 is 23.5 Å². The lowest BCUT2D eigenvalue weighted by atomic mass is 9.91. The van der Waals surface area contributed by atoms with E-state index in [1.54, 1.807) is 17.6 Å². The standard InChI is InChI=1S/C19H25NO7/c1-4-13(18(23)24-5-2)14-10-16-19(26-8-9-27-19)6-7-20(16)17(22)15(14)11-25-12(3)21/h10,13H,4-9,11H2,1-3H3. The molecule has 1 spiro atoms. The topological polar surface area (TPSA) is 93.1 Å². The van der Waals surface area contributed by atoms with Crippen LogP contribution in [0.1, 0.15) is 56.4 Å². The first-order chi connectivity index (χ1) is 12.9. The highest BCUT2D eigenvalue weighted by Gasteiger charge is 2.46. The van der Waals surface area contributed by atoms with Crippen LogP contribution in [0.25, 0.3) is 0 Å². The smallest absolute Gasteiger partial charge is 0.313 e. The molecule has 0 aromatic carbocycles. The van der Waals surface area contributed by atoms with Crippen LogP contribution in [0.5, 0.6) is 0 Å². The average Bonchev–Trinajstić information content (AvgIpc) is 3.24. The van der Waals surface area contributed by atoms with Crippen LogP contribution in [0.2, 0.25) is 0 Å². The first-order valence-corrected chi connectivity index (χ1v) is 9.28. The second-order valence-corrected chi connectivity index (χ2v) is 6.61. The summed E-state index contributed by atoms with van der Waals surface area (Å²) in [6.45, 7) is 6.27. The maximum Gasteiger partial charge on any atom is 0.313 e. The summed E-state index contributed by atoms with van der Waals surface area (Å²) < 4.78 is 23.5. The second-order valence-electron chi connectivity index (χ2n) is 6.61. The number of nitrogens with zero attached hydrogens (tertiary/aromatic N) is 1. The molecule has 0 aliphatic carbocycles. The first kappa shape index (κ1) is 19.6. The fraction of sp³-hybridized carbons (Fsp3) is 0.632. The highest BCUT2D eigenvalue weighted by Crippen LogP contribution is 2.41. The number of hydrogen-bond donors (Lipinski definition) is 0. The quantitative estimate of drug-likeness (QED) is 0.693. The minimum Gasteiger partial charge on any atom is -0.466 e. The van der Waals surface area contributed by atoms with Gasteiger partial charge in [0.1, 0.15) is 6.61 Å². The number of fused-ring (bicyclic) bond motifs is 2. The van der Waals surface area contributed by atoms with Crippen molar-refractivity contribution in [1.82, 2.24) is 4.57 Å². The van der Waals surface area contributed by atoms with Crippen molar-refractivity contribution in [2.45, 2.75) is 58.5 Å². The largest absolute Gasteiger partial charge is 0.466 e. The van der Waals surface area contributed by atoms with Gasteiger partial charge in [0.2, 0.25) is 5.79 Å². The summed E-state index contributed by atoms with van der Waals surface area (Å²) in [5.74, 6) is -2.48. The van der Waals surface area contributed by atoms with Gasteiger partial charge in [-0.05, 0) is 25.0 Å². The molecule has 1 atom stereocenters. The Kier molecular flexibility index (Phi) is 5.67. The van der Waals surface area contributed by atoms with E-state index in [1.165, 1.54) is 6.92 Å². The first-order valence-electron chi connectivity index (χ1n) is 9.28. The molecule has 0 radical (unpaired) electrons. The molecule has 8 heteroatoms. The van der Waals surface area contributed by atoms with Gasteiger partial charge >= 0.3 is 11.9 Å². The van der Waals surface area contributed by atoms with Crippen LogP contribution in [0.3, 0.4) is 0 Å². The van der Waals surface area contributed by atoms with Gasteiger partial charge in [-0.25, -0.2) is 0 Å². The van der Waals surface area contributed by atoms with Crippen molar-refractivity contribution in [3.05, 3.63) is 33.2 Å². The fourth-order valence-electron chi connectivity index (χ4n) is 3.77. The highest BCUT2D eigenvalue weighted by atomic mass is 16.7. The van der Waals surface area contributed by atoms with Gasteiger partial charge in [0.05, 0.1) is 37.0 Å². The van der Waals surface area contributed by atoms with Crippen molar-refractivity contribution in [3.63, 3.8) is 0 Å². The number of carbonyl (C=O) groups is 2. The lowest BCUT2D eigenvalue weighted by Crippen LogP contribution is -2.32. The molecule has 1 unspecified atom stereocenters. The summed E-state index contributed by atoms with van der Waals surface area (Å²) in [7, 11) is 0. The Labute approximate surface area is 157 Å². The molecule has 1 aromatic rings. The van der Waals surface area contributed by atoms with Gasteiger partial charge in [-0.1, -0.05) is 6.92 Å². The molecule has 1 fully saturated rings. The van der Waals surface area contributed by atoms with E-state index < -0.39 is 23.6 Å². The molecule has 0 bridgehead atoms. The number of ether oxygens (including phenoxy) is 4. The molecular formula is C19H25NO7. The number of pyridine rings is 1. The lowest BCUT2D eigenvalue weighted by Gasteiger charge is -2.24. The zero-order valence-electron chi connectivity index (χ0n) is 15.9. The Morgan fingerprint density at radius 2 is 1.96 bits per heavy atom. The van der Waals surface area contributed by atoms with Crippen LogP contribution in [0.15, 0.2) is 10.9 Å². The normalized spacial score (nSPS) is 18.3. The summed E-state index contributed by atoms with van der Waals surface area (Å²) in [4.78, 5) is 36.9. The van der Waals surface area contributed by atoms with E-state index in [4.69, 9.17) is 18.9 Å². The van der Waals surface area contributed by atoms with Gasteiger partial charge in [-0.15, -0.1) is 0 Å². The fourth-order valence-corrected chi connectivity index (χ4v) is 3.77. The molecule has 3 rings (SSSR count). The van der Waals surface area contributed by atoms with E-state index in [0.717, 1.165) is 0 Å². The number of esters is 2. The van der Waals surface area contributed by atoms with Crippen LogP contribution < -0.4 is 5.56 Å². The minimum absolute atomic E-state index is 0.186. The van der Waals surface area contributed by atoms with Crippen LogP contribution in [0, 0.1) is 0 Å². The van der Waals surface area contributed by atoms with E-state index in [0.29, 0.717) is 49.4 Å². The number of rotatable bonds is 6. The van der Waals surface area contributed by atoms with Crippen LogP contribution in [0.4, 0.5) is 0 Å². The van der Waals surface area contributed by atoms with Crippen molar-refractivity contribution in [2.75, 3.05) is 19.8 Å². The molecule has 27 heavy (non-hydrogen) atoms. The van der Waals surface area contributed by atoms with E-state index in [2.05, 4.69) is 0 Å². The molecule has 0 N–H and O–H groups in total. The highest BCUT2D eigenvalue weighted by molar-refractivity contribution is 5.78. The summed E-state index contributed by atoms with van der Waals surface area (Å²) >= 11 is 0. The molecule has 2 aliphatic rings. The third kappa shape index (κ3) is 3.51. The van der Waals surface area contributed by atoms with E-state index in [9.17, 15) is 14.4 Å². The molecule has 2 aliphatic heterocycles. The zero-order chi connectivity index (χ0) is 19.6. The average molecular weight is 379 g/mol. The molecule has 1 aromatic heterocycles. The minimum atomic E-state index is -0.944. The van der Waals surface area contributed by atoms with Crippen LogP contribution >= 0.6 is 0 Å². The van der Waals surface area contributed by atoms with E-state index >= 15 is 0 Å². The molecular weight excluding hydrogens is 354 g/mol. The maximum absolute atomic E-state index is 13.1. The Hall–Kier alpha value is -2.19. The SMILES string of the molecule is CCOC(=O)C(CC)c1cc2n(c(=O)c1COC(C)=O)CCC21OCCO1. The summed E-state index contributed by atoms with van der Waals surface area (Å²) in [6, 6.07) is 1.78. The summed E-state index contributed by atoms with van der Waals surface area (Å²) in [5.41, 5.74) is 1.12.